The van der Waals surface area contributed by atoms with E-state index in [2.05, 4.69) is 15.6 Å². The van der Waals surface area contributed by atoms with E-state index in [0.717, 1.165) is 27.8 Å². The van der Waals surface area contributed by atoms with Crippen LogP contribution < -0.4 is 20.1 Å². The summed E-state index contributed by atoms with van der Waals surface area (Å²) in [6, 6.07) is 20.6. The molecule has 32 heavy (non-hydrogen) atoms. The van der Waals surface area contributed by atoms with Gasteiger partial charge in [-0.2, -0.15) is 0 Å². The van der Waals surface area contributed by atoms with Crippen molar-refractivity contribution >= 4 is 39.8 Å². The second-order valence-electron chi connectivity index (χ2n) is 7.39. The number of fused-ring (bicyclic) bond motifs is 2. The Labute approximate surface area is 190 Å². The number of halogens is 1. The number of carbonyl (C=O) groups is 1. The lowest BCUT2D eigenvalue weighted by atomic mass is 10.1. The van der Waals surface area contributed by atoms with Gasteiger partial charge in [0.2, 0.25) is 0 Å². The number of hydrogen-bond donors (Lipinski definition) is 2. The highest BCUT2D eigenvalue weighted by atomic mass is 35.5. The molecule has 2 heterocycles. The molecule has 1 amide bonds. The Hall–Kier alpha value is -3.77. The number of benzene rings is 3. The van der Waals surface area contributed by atoms with Crippen molar-refractivity contribution < 1.29 is 14.3 Å². The predicted octanol–water partition coefficient (Wildman–Crippen LogP) is 5.33. The maximum atomic E-state index is 12.6. The van der Waals surface area contributed by atoms with Crippen molar-refractivity contribution in [3.05, 3.63) is 89.1 Å². The van der Waals surface area contributed by atoms with Crippen molar-refractivity contribution in [3.8, 4) is 11.5 Å². The molecule has 0 saturated carbocycles. The number of ether oxygens (including phenoxy) is 2. The Bertz CT molecular complexity index is 1290. The molecule has 3 aromatic carbocycles. The van der Waals surface area contributed by atoms with E-state index >= 15 is 0 Å². The topological polar surface area (TPSA) is 72.5 Å². The van der Waals surface area contributed by atoms with Crippen molar-refractivity contribution in [1.29, 1.82) is 0 Å². The summed E-state index contributed by atoms with van der Waals surface area (Å²) in [7, 11) is 0. The fourth-order valence-electron chi connectivity index (χ4n) is 3.56. The standard InChI is InChI=1S/C25H20ClN3O3/c26-19-5-2-17-9-10-27-24(21(17)14-19)29-20-6-3-18(4-7-20)25(30)28-15-16-1-8-22-23(13-16)32-12-11-31-22/h1-10,13-14H,11-12,15H2,(H,27,29)(H,28,30). The maximum Gasteiger partial charge on any atom is 0.251 e. The maximum absolute atomic E-state index is 12.6. The quantitative estimate of drug-likeness (QED) is 0.434. The highest BCUT2D eigenvalue weighted by Crippen LogP contribution is 2.31. The van der Waals surface area contributed by atoms with Gasteiger partial charge >= 0.3 is 0 Å². The zero-order valence-electron chi connectivity index (χ0n) is 17.1. The average molecular weight is 446 g/mol. The van der Waals surface area contributed by atoms with E-state index in [4.69, 9.17) is 21.1 Å². The molecule has 0 aliphatic carbocycles. The lowest BCUT2D eigenvalue weighted by Gasteiger charge is -2.19. The second-order valence-corrected chi connectivity index (χ2v) is 7.82. The van der Waals surface area contributed by atoms with Crippen LogP contribution in [-0.4, -0.2) is 24.1 Å². The van der Waals surface area contributed by atoms with E-state index in [1.54, 1.807) is 18.3 Å². The van der Waals surface area contributed by atoms with Crippen molar-refractivity contribution in [2.75, 3.05) is 18.5 Å². The Kier molecular flexibility index (Phi) is 5.52. The number of nitrogens with one attached hydrogen (secondary N) is 2. The van der Waals surface area contributed by atoms with Crippen LogP contribution in [0.1, 0.15) is 15.9 Å². The largest absolute Gasteiger partial charge is 0.486 e. The van der Waals surface area contributed by atoms with Crippen LogP contribution >= 0.6 is 11.6 Å². The molecule has 7 heteroatoms. The predicted molar refractivity (Wildman–Crippen MR) is 125 cm³/mol. The normalized spacial score (nSPS) is 12.4. The van der Waals surface area contributed by atoms with Crippen LogP contribution in [0.5, 0.6) is 11.5 Å². The molecule has 0 unspecified atom stereocenters. The van der Waals surface area contributed by atoms with Gasteiger partial charge in [0.25, 0.3) is 5.91 Å². The van der Waals surface area contributed by atoms with Crippen LogP contribution in [0.2, 0.25) is 5.02 Å². The molecule has 4 aromatic rings. The smallest absolute Gasteiger partial charge is 0.251 e. The number of anilines is 2. The molecule has 1 aromatic heterocycles. The number of pyridine rings is 1. The van der Waals surface area contributed by atoms with Crippen molar-refractivity contribution in [2.24, 2.45) is 0 Å². The van der Waals surface area contributed by atoms with E-state index in [9.17, 15) is 4.79 Å². The molecule has 0 bridgehead atoms. The Morgan fingerprint density at radius 2 is 1.75 bits per heavy atom. The summed E-state index contributed by atoms with van der Waals surface area (Å²) >= 11 is 6.14. The minimum Gasteiger partial charge on any atom is -0.486 e. The number of aromatic nitrogens is 1. The second kappa shape index (κ2) is 8.77. The molecule has 0 radical (unpaired) electrons. The van der Waals surface area contributed by atoms with Gasteiger partial charge in [-0.25, -0.2) is 4.98 Å². The first-order chi connectivity index (χ1) is 15.7. The van der Waals surface area contributed by atoms with Gasteiger partial charge in [0.15, 0.2) is 11.5 Å². The third-order valence-corrected chi connectivity index (χ3v) is 5.43. The first-order valence-electron chi connectivity index (χ1n) is 10.2. The fourth-order valence-corrected chi connectivity index (χ4v) is 3.74. The summed E-state index contributed by atoms with van der Waals surface area (Å²) < 4.78 is 11.1. The number of nitrogens with zero attached hydrogens (tertiary/aromatic N) is 1. The van der Waals surface area contributed by atoms with Crippen molar-refractivity contribution in [2.45, 2.75) is 6.54 Å². The lowest BCUT2D eigenvalue weighted by Crippen LogP contribution is -2.23. The number of amides is 1. The average Bonchev–Trinajstić information content (AvgIpc) is 2.83. The van der Waals surface area contributed by atoms with Crippen LogP contribution in [0.4, 0.5) is 11.5 Å². The molecule has 0 atom stereocenters. The van der Waals surface area contributed by atoms with Gasteiger partial charge in [-0.05, 0) is 65.5 Å². The summed E-state index contributed by atoms with van der Waals surface area (Å²) in [5.74, 6) is 2.00. The molecule has 160 valence electrons. The van der Waals surface area contributed by atoms with Gasteiger partial charge in [0.05, 0.1) is 0 Å². The Morgan fingerprint density at radius 3 is 2.59 bits per heavy atom. The van der Waals surface area contributed by atoms with E-state index in [1.165, 1.54) is 0 Å². The third-order valence-electron chi connectivity index (χ3n) is 5.20. The minimum atomic E-state index is -0.151. The zero-order chi connectivity index (χ0) is 21.9. The summed E-state index contributed by atoms with van der Waals surface area (Å²) in [6.45, 7) is 1.49. The fraction of sp³-hybridized carbons (Fsp3) is 0.120. The molecule has 1 aliphatic heterocycles. The van der Waals surface area contributed by atoms with Gasteiger partial charge in [-0.15, -0.1) is 0 Å². The minimum absolute atomic E-state index is 0.151. The van der Waals surface area contributed by atoms with Crippen molar-refractivity contribution in [1.82, 2.24) is 10.3 Å². The first-order valence-corrected chi connectivity index (χ1v) is 10.6. The summed E-state index contributed by atoms with van der Waals surface area (Å²) in [6.07, 6.45) is 1.75. The molecule has 0 fully saturated rings. The van der Waals surface area contributed by atoms with Crippen LogP contribution in [0.15, 0.2) is 72.9 Å². The molecule has 6 nitrogen and oxygen atoms in total. The van der Waals surface area contributed by atoms with E-state index in [1.807, 2.05) is 54.6 Å². The summed E-state index contributed by atoms with van der Waals surface area (Å²) in [5, 5.41) is 8.87. The molecule has 0 saturated heterocycles. The lowest BCUT2D eigenvalue weighted by molar-refractivity contribution is 0.0951. The number of rotatable bonds is 5. The van der Waals surface area contributed by atoms with Gasteiger partial charge in [0.1, 0.15) is 19.0 Å². The molecule has 5 rings (SSSR count). The van der Waals surface area contributed by atoms with Gasteiger partial charge in [-0.1, -0.05) is 23.7 Å². The van der Waals surface area contributed by atoms with Crippen LogP contribution in [0, 0.1) is 0 Å². The van der Waals surface area contributed by atoms with E-state index in [-0.39, 0.29) is 5.91 Å². The highest BCUT2D eigenvalue weighted by Gasteiger charge is 2.12. The van der Waals surface area contributed by atoms with E-state index < -0.39 is 0 Å². The first kappa shape index (κ1) is 20.2. The molecular weight excluding hydrogens is 426 g/mol. The third kappa shape index (κ3) is 4.31. The van der Waals surface area contributed by atoms with Gasteiger partial charge in [-0.3, -0.25) is 4.79 Å². The van der Waals surface area contributed by atoms with E-state index in [0.29, 0.717) is 41.9 Å². The molecule has 1 aliphatic rings. The Balaban J connectivity index is 1.25. The Morgan fingerprint density at radius 1 is 0.938 bits per heavy atom. The summed E-state index contributed by atoms with van der Waals surface area (Å²) in [5.41, 5.74) is 2.34. The van der Waals surface area contributed by atoms with Crippen LogP contribution in [0.25, 0.3) is 10.8 Å². The van der Waals surface area contributed by atoms with Gasteiger partial charge < -0.3 is 20.1 Å². The molecule has 0 spiro atoms. The number of carbonyl (C=O) groups excluding carboxylic acids is 1. The van der Waals surface area contributed by atoms with Crippen molar-refractivity contribution in [3.63, 3.8) is 0 Å². The highest BCUT2D eigenvalue weighted by molar-refractivity contribution is 6.31. The van der Waals surface area contributed by atoms with Crippen LogP contribution in [0.3, 0.4) is 0 Å². The summed E-state index contributed by atoms with van der Waals surface area (Å²) in [4.78, 5) is 17.0. The van der Waals surface area contributed by atoms with Gasteiger partial charge in [0, 0.05) is 34.4 Å². The SMILES string of the molecule is O=C(NCc1ccc2c(c1)OCCO2)c1ccc(Nc2nccc3ccc(Cl)cc23)cc1. The molecular formula is C25H20ClN3O3. The van der Waals surface area contributed by atoms with Crippen LogP contribution in [-0.2, 0) is 6.54 Å². The molecule has 2 N–H and O–H groups in total. The monoisotopic (exact) mass is 445 g/mol. The zero-order valence-corrected chi connectivity index (χ0v) is 17.9. The number of hydrogen-bond acceptors (Lipinski definition) is 5.